The summed E-state index contributed by atoms with van der Waals surface area (Å²) in [5.74, 6) is 0.681. The van der Waals surface area contributed by atoms with Crippen LogP contribution in [-0.2, 0) is 0 Å². The van der Waals surface area contributed by atoms with Gasteiger partial charge in [-0.05, 0) is 23.7 Å². The van der Waals surface area contributed by atoms with Crippen LogP contribution in [0.5, 0.6) is 5.75 Å². The van der Waals surface area contributed by atoms with Gasteiger partial charge in [0.1, 0.15) is 17.6 Å². The molecule has 0 unspecified atom stereocenters. The van der Waals surface area contributed by atoms with Crippen molar-refractivity contribution in [3.8, 4) is 5.75 Å². The van der Waals surface area contributed by atoms with Gasteiger partial charge in [0, 0.05) is 11.5 Å². The molecule has 0 atom stereocenters. The largest absolute Gasteiger partial charge is 0.497 e. The van der Waals surface area contributed by atoms with Crippen molar-refractivity contribution in [2.75, 3.05) is 7.11 Å². The molecule has 1 aromatic heterocycles. The molecule has 3 nitrogen and oxygen atoms in total. The van der Waals surface area contributed by atoms with Crippen LogP contribution in [0.3, 0.4) is 0 Å². The molecule has 1 aromatic carbocycles. The topological polar surface area (TPSA) is 39.4 Å². The zero-order valence-electron chi connectivity index (χ0n) is 7.41. The van der Waals surface area contributed by atoms with Gasteiger partial charge >= 0.3 is 0 Å². The highest BCUT2D eigenvalue weighted by atomic mass is 35.5. The molecule has 72 valence electrons. The predicted octanol–water partition coefficient (Wildman–Crippen LogP) is 2.82. The predicted molar refractivity (Wildman–Crippen MR) is 52.9 cm³/mol. The lowest BCUT2D eigenvalue weighted by Crippen LogP contribution is -1.85. The van der Waals surface area contributed by atoms with Crippen LogP contribution < -0.4 is 4.74 Å². The molecule has 1 heterocycles. The van der Waals surface area contributed by atoms with Gasteiger partial charge in [0.25, 0.3) is 5.24 Å². The van der Waals surface area contributed by atoms with Gasteiger partial charge < -0.3 is 9.15 Å². The molecule has 0 bridgehead atoms. The number of ether oxygens (including phenoxy) is 1. The fourth-order valence-corrected chi connectivity index (χ4v) is 1.43. The maximum atomic E-state index is 10.9. The number of hydrogen-bond acceptors (Lipinski definition) is 3. The molecule has 2 rings (SSSR count). The first-order valence-electron chi connectivity index (χ1n) is 3.97. The van der Waals surface area contributed by atoms with Crippen LogP contribution in [0.2, 0.25) is 0 Å². The highest BCUT2D eigenvalue weighted by Gasteiger charge is 2.11. The Labute approximate surface area is 85.2 Å². The van der Waals surface area contributed by atoms with E-state index >= 15 is 0 Å². The summed E-state index contributed by atoms with van der Waals surface area (Å²) in [5.41, 5.74) is 0.970. The highest BCUT2D eigenvalue weighted by Crippen LogP contribution is 2.26. The second kappa shape index (κ2) is 3.35. The van der Waals surface area contributed by atoms with E-state index in [9.17, 15) is 4.79 Å². The van der Waals surface area contributed by atoms with Crippen molar-refractivity contribution < 1.29 is 13.9 Å². The van der Waals surface area contributed by atoms with Crippen LogP contribution in [0.25, 0.3) is 11.0 Å². The first-order chi connectivity index (χ1) is 6.72. The van der Waals surface area contributed by atoms with Gasteiger partial charge in [-0.1, -0.05) is 0 Å². The Morgan fingerprint density at radius 2 is 2.29 bits per heavy atom. The second-order valence-corrected chi connectivity index (χ2v) is 3.13. The number of benzene rings is 1. The fraction of sp³-hybridized carbons (Fsp3) is 0.100. The smallest absolute Gasteiger partial charge is 0.256 e. The van der Waals surface area contributed by atoms with E-state index in [1.165, 1.54) is 6.26 Å². The van der Waals surface area contributed by atoms with E-state index in [0.717, 1.165) is 0 Å². The van der Waals surface area contributed by atoms with Crippen LogP contribution in [0.15, 0.2) is 28.9 Å². The van der Waals surface area contributed by atoms with Gasteiger partial charge in [0.2, 0.25) is 0 Å². The van der Waals surface area contributed by atoms with Gasteiger partial charge in [0.05, 0.1) is 12.7 Å². The Balaban J connectivity index is 2.65. The third-order valence-electron chi connectivity index (χ3n) is 1.99. The van der Waals surface area contributed by atoms with Crippen LogP contribution in [-0.4, -0.2) is 12.4 Å². The number of halogens is 1. The Kier molecular flexibility index (Phi) is 2.17. The SMILES string of the molecule is COc1ccc2c(C(=O)Cl)coc2c1. The summed E-state index contributed by atoms with van der Waals surface area (Å²) in [5, 5.41) is 0.180. The van der Waals surface area contributed by atoms with E-state index < -0.39 is 5.24 Å². The normalized spacial score (nSPS) is 10.4. The van der Waals surface area contributed by atoms with E-state index in [2.05, 4.69) is 0 Å². The van der Waals surface area contributed by atoms with Crippen molar-refractivity contribution in [1.82, 2.24) is 0 Å². The van der Waals surface area contributed by atoms with E-state index in [4.69, 9.17) is 20.8 Å². The molecule has 2 aromatic rings. The van der Waals surface area contributed by atoms with E-state index in [0.29, 0.717) is 22.3 Å². The number of hydrogen-bond donors (Lipinski definition) is 0. The highest BCUT2D eigenvalue weighted by molar-refractivity contribution is 6.68. The maximum Gasteiger partial charge on any atom is 0.256 e. The molecule has 0 aliphatic rings. The molecule has 0 amide bonds. The summed E-state index contributed by atoms with van der Waals surface area (Å²) in [6.45, 7) is 0. The molecule has 0 fully saturated rings. The summed E-state index contributed by atoms with van der Waals surface area (Å²) >= 11 is 5.37. The first kappa shape index (κ1) is 9.09. The number of methoxy groups -OCH3 is 1. The molecule has 0 N–H and O–H groups in total. The van der Waals surface area contributed by atoms with Gasteiger partial charge in [-0.15, -0.1) is 0 Å². The van der Waals surface area contributed by atoms with Gasteiger partial charge in [-0.3, -0.25) is 4.79 Å². The van der Waals surface area contributed by atoms with Crippen molar-refractivity contribution >= 4 is 27.8 Å². The molecule has 0 aliphatic heterocycles. The number of carbonyl (C=O) groups excluding carboxylic acids is 1. The zero-order valence-corrected chi connectivity index (χ0v) is 8.17. The lowest BCUT2D eigenvalue weighted by Gasteiger charge is -1.97. The maximum absolute atomic E-state index is 10.9. The third kappa shape index (κ3) is 1.36. The summed E-state index contributed by atoms with van der Waals surface area (Å²) < 4.78 is 10.2. The molecule has 14 heavy (non-hydrogen) atoms. The van der Waals surface area contributed by atoms with E-state index in [-0.39, 0.29) is 0 Å². The third-order valence-corrected chi connectivity index (χ3v) is 2.20. The second-order valence-electron chi connectivity index (χ2n) is 2.79. The van der Waals surface area contributed by atoms with Crippen LogP contribution in [0.1, 0.15) is 10.4 Å². The first-order valence-corrected chi connectivity index (χ1v) is 4.35. The molecule has 0 spiro atoms. The molecule has 0 radical (unpaired) electrons. The van der Waals surface area contributed by atoms with Crippen molar-refractivity contribution in [1.29, 1.82) is 0 Å². The van der Waals surface area contributed by atoms with Gasteiger partial charge in [-0.2, -0.15) is 0 Å². The Bertz CT molecular complexity index is 487. The molecule has 0 saturated carbocycles. The monoisotopic (exact) mass is 210 g/mol. The Hall–Kier alpha value is -1.48. The average Bonchev–Trinajstić information content (AvgIpc) is 2.59. The fourth-order valence-electron chi connectivity index (χ4n) is 1.29. The minimum absolute atomic E-state index is 0.379. The van der Waals surface area contributed by atoms with Gasteiger partial charge in [0.15, 0.2) is 0 Å². The summed E-state index contributed by atoms with van der Waals surface area (Å²) in [6.07, 6.45) is 1.35. The minimum atomic E-state index is -0.520. The summed E-state index contributed by atoms with van der Waals surface area (Å²) in [4.78, 5) is 10.9. The zero-order chi connectivity index (χ0) is 10.1. The summed E-state index contributed by atoms with van der Waals surface area (Å²) in [6, 6.07) is 5.20. The van der Waals surface area contributed by atoms with Crippen molar-refractivity contribution in [3.63, 3.8) is 0 Å². The lowest BCUT2D eigenvalue weighted by molar-refractivity contribution is 0.108. The molecular formula is C10H7ClO3. The number of carbonyl (C=O) groups is 1. The lowest BCUT2D eigenvalue weighted by atomic mass is 10.2. The van der Waals surface area contributed by atoms with Crippen molar-refractivity contribution in [2.45, 2.75) is 0 Å². The van der Waals surface area contributed by atoms with Crippen LogP contribution in [0, 0.1) is 0 Å². The standard InChI is InChI=1S/C10H7ClO3/c1-13-6-2-3-7-8(10(11)12)5-14-9(7)4-6/h2-5H,1H3. The quantitative estimate of drug-likeness (QED) is 0.716. The van der Waals surface area contributed by atoms with Crippen LogP contribution >= 0.6 is 11.6 Å². The average molecular weight is 211 g/mol. The Morgan fingerprint density at radius 1 is 1.50 bits per heavy atom. The molecule has 0 aliphatic carbocycles. The number of fused-ring (bicyclic) bond motifs is 1. The van der Waals surface area contributed by atoms with Gasteiger partial charge in [-0.25, -0.2) is 0 Å². The summed E-state index contributed by atoms with van der Waals surface area (Å²) in [7, 11) is 1.57. The molecule has 4 heteroatoms. The van der Waals surface area contributed by atoms with Crippen molar-refractivity contribution in [2.24, 2.45) is 0 Å². The molecule has 0 saturated heterocycles. The number of rotatable bonds is 2. The molecular weight excluding hydrogens is 204 g/mol. The van der Waals surface area contributed by atoms with E-state index in [1.807, 2.05) is 0 Å². The van der Waals surface area contributed by atoms with E-state index in [1.54, 1.807) is 25.3 Å². The minimum Gasteiger partial charge on any atom is -0.497 e. The number of furan rings is 1. The van der Waals surface area contributed by atoms with Crippen LogP contribution in [0.4, 0.5) is 0 Å². The Morgan fingerprint density at radius 3 is 2.93 bits per heavy atom. The van der Waals surface area contributed by atoms with Crippen molar-refractivity contribution in [3.05, 3.63) is 30.0 Å².